The lowest BCUT2D eigenvalue weighted by Gasteiger charge is -2.10. The molecule has 1 heterocycles. The second-order valence-corrected chi connectivity index (χ2v) is 5.14. The van der Waals surface area contributed by atoms with E-state index in [9.17, 15) is 4.79 Å². The smallest absolute Gasteiger partial charge is 0.251 e. The molecule has 0 atom stereocenters. The van der Waals surface area contributed by atoms with Crippen LogP contribution in [0.1, 0.15) is 36.0 Å². The summed E-state index contributed by atoms with van der Waals surface area (Å²) in [6, 6.07) is 7.80. The Morgan fingerprint density at radius 1 is 1.28 bits per heavy atom. The van der Waals surface area contributed by atoms with Crippen LogP contribution in [0.3, 0.4) is 0 Å². The zero-order valence-corrected chi connectivity index (χ0v) is 10.4. The van der Waals surface area contributed by atoms with Gasteiger partial charge in [0, 0.05) is 23.8 Å². The van der Waals surface area contributed by atoms with Crippen LogP contribution in [-0.4, -0.2) is 17.4 Å². The number of rotatable bonds is 3. The number of aromatic amines is 1. The molecule has 1 saturated carbocycles. The molecule has 0 unspecified atom stereocenters. The van der Waals surface area contributed by atoms with Gasteiger partial charge in [0.05, 0.1) is 0 Å². The second kappa shape index (κ2) is 4.84. The summed E-state index contributed by atoms with van der Waals surface area (Å²) in [6.07, 6.45) is 7.04. The number of hydrogen-bond acceptors (Lipinski definition) is 1. The Labute approximate surface area is 107 Å². The third-order valence-corrected chi connectivity index (χ3v) is 3.84. The molecular weight excluding hydrogens is 224 g/mol. The predicted molar refractivity (Wildman–Crippen MR) is 72.6 cm³/mol. The number of benzene rings is 1. The maximum absolute atomic E-state index is 12.0. The van der Waals surface area contributed by atoms with Gasteiger partial charge < -0.3 is 10.3 Å². The fourth-order valence-corrected chi connectivity index (χ4v) is 2.74. The van der Waals surface area contributed by atoms with E-state index in [4.69, 9.17) is 0 Å². The van der Waals surface area contributed by atoms with E-state index in [1.54, 1.807) is 0 Å². The Morgan fingerprint density at radius 3 is 2.94 bits per heavy atom. The third-order valence-electron chi connectivity index (χ3n) is 3.84. The number of fused-ring (bicyclic) bond motifs is 1. The lowest BCUT2D eigenvalue weighted by atomic mass is 10.1. The molecule has 0 radical (unpaired) electrons. The standard InChI is InChI=1S/C15H18N2O/c18-15(17-10-11-3-1-2-4-11)13-6-5-12-7-8-16-14(12)9-13/h5-9,11,16H,1-4,10H2,(H,17,18). The summed E-state index contributed by atoms with van der Waals surface area (Å²) in [5, 5.41) is 4.19. The van der Waals surface area contributed by atoms with Crippen LogP contribution in [0.5, 0.6) is 0 Å². The summed E-state index contributed by atoms with van der Waals surface area (Å²) in [5.41, 5.74) is 1.76. The van der Waals surface area contributed by atoms with Crippen molar-refractivity contribution in [3.63, 3.8) is 0 Å². The molecule has 1 aromatic heterocycles. The Bertz CT molecular complexity index is 552. The number of aromatic nitrogens is 1. The van der Waals surface area contributed by atoms with Crippen LogP contribution in [0.2, 0.25) is 0 Å². The maximum atomic E-state index is 12.0. The topological polar surface area (TPSA) is 44.9 Å². The highest BCUT2D eigenvalue weighted by atomic mass is 16.1. The number of carbonyl (C=O) groups is 1. The van der Waals surface area contributed by atoms with Crippen molar-refractivity contribution in [3.8, 4) is 0 Å². The highest BCUT2D eigenvalue weighted by Crippen LogP contribution is 2.23. The number of hydrogen-bond donors (Lipinski definition) is 2. The zero-order chi connectivity index (χ0) is 12.4. The Morgan fingerprint density at radius 2 is 2.11 bits per heavy atom. The van der Waals surface area contributed by atoms with Crippen LogP contribution < -0.4 is 5.32 Å². The lowest BCUT2D eigenvalue weighted by molar-refractivity contribution is 0.0947. The van der Waals surface area contributed by atoms with Crippen LogP contribution in [0.4, 0.5) is 0 Å². The molecule has 1 fully saturated rings. The fraction of sp³-hybridized carbons (Fsp3) is 0.400. The van der Waals surface area contributed by atoms with Gasteiger partial charge >= 0.3 is 0 Å². The van der Waals surface area contributed by atoms with Crippen molar-refractivity contribution < 1.29 is 4.79 Å². The van der Waals surface area contributed by atoms with Gasteiger partial charge in [0.2, 0.25) is 0 Å². The minimum Gasteiger partial charge on any atom is -0.361 e. The molecule has 1 aromatic carbocycles. The minimum atomic E-state index is 0.0402. The maximum Gasteiger partial charge on any atom is 0.251 e. The van der Waals surface area contributed by atoms with Crippen molar-refractivity contribution in [2.75, 3.05) is 6.54 Å². The average molecular weight is 242 g/mol. The summed E-state index contributed by atoms with van der Waals surface area (Å²) in [5.74, 6) is 0.724. The van der Waals surface area contributed by atoms with Crippen LogP contribution in [-0.2, 0) is 0 Å². The summed E-state index contributed by atoms with van der Waals surface area (Å²) in [7, 11) is 0. The predicted octanol–water partition coefficient (Wildman–Crippen LogP) is 3.09. The number of H-pyrrole nitrogens is 1. The quantitative estimate of drug-likeness (QED) is 0.853. The molecule has 0 spiro atoms. The molecule has 1 aliphatic carbocycles. The van der Waals surface area contributed by atoms with E-state index in [-0.39, 0.29) is 5.91 Å². The third kappa shape index (κ3) is 2.26. The first-order chi connectivity index (χ1) is 8.83. The molecular formula is C15H18N2O. The van der Waals surface area contributed by atoms with Crippen LogP contribution in [0.25, 0.3) is 10.9 Å². The van der Waals surface area contributed by atoms with Crippen molar-refractivity contribution in [2.24, 2.45) is 5.92 Å². The van der Waals surface area contributed by atoms with E-state index >= 15 is 0 Å². The highest BCUT2D eigenvalue weighted by molar-refractivity contribution is 5.97. The molecule has 3 rings (SSSR count). The largest absolute Gasteiger partial charge is 0.361 e. The minimum absolute atomic E-state index is 0.0402. The molecule has 18 heavy (non-hydrogen) atoms. The molecule has 2 N–H and O–H groups in total. The second-order valence-electron chi connectivity index (χ2n) is 5.14. The lowest BCUT2D eigenvalue weighted by Crippen LogP contribution is -2.28. The average Bonchev–Trinajstić information content (AvgIpc) is 3.05. The normalized spacial score (nSPS) is 16.2. The Hall–Kier alpha value is -1.77. The van der Waals surface area contributed by atoms with Crippen LogP contribution in [0, 0.1) is 5.92 Å². The number of amides is 1. The summed E-state index contributed by atoms with van der Waals surface area (Å²) in [4.78, 5) is 15.2. The van der Waals surface area contributed by atoms with Gasteiger partial charge in [-0.05, 0) is 42.3 Å². The first-order valence-electron chi connectivity index (χ1n) is 6.68. The monoisotopic (exact) mass is 242 g/mol. The molecule has 94 valence electrons. The van der Waals surface area contributed by atoms with Crippen molar-refractivity contribution in [1.29, 1.82) is 0 Å². The van der Waals surface area contributed by atoms with Gasteiger partial charge in [0.25, 0.3) is 5.91 Å². The molecule has 2 aromatic rings. The van der Waals surface area contributed by atoms with Gasteiger partial charge in [-0.25, -0.2) is 0 Å². The van der Waals surface area contributed by atoms with Gasteiger partial charge in [-0.2, -0.15) is 0 Å². The zero-order valence-electron chi connectivity index (χ0n) is 10.4. The van der Waals surface area contributed by atoms with Crippen molar-refractivity contribution in [3.05, 3.63) is 36.0 Å². The van der Waals surface area contributed by atoms with Gasteiger partial charge in [-0.3, -0.25) is 4.79 Å². The molecule has 0 aliphatic heterocycles. The highest BCUT2D eigenvalue weighted by Gasteiger charge is 2.16. The number of nitrogens with one attached hydrogen (secondary N) is 2. The van der Waals surface area contributed by atoms with E-state index in [0.717, 1.165) is 23.0 Å². The molecule has 3 nitrogen and oxygen atoms in total. The van der Waals surface area contributed by atoms with E-state index in [2.05, 4.69) is 10.3 Å². The Balaban J connectivity index is 1.67. The van der Waals surface area contributed by atoms with Crippen LogP contribution >= 0.6 is 0 Å². The summed E-state index contributed by atoms with van der Waals surface area (Å²) >= 11 is 0. The first kappa shape index (κ1) is 11.3. The van der Waals surface area contributed by atoms with E-state index < -0.39 is 0 Å². The molecule has 3 heteroatoms. The first-order valence-corrected chi connectivity index (χ1v) is 6.68. The molecule has 1 aliphatic rings. The van der Waals surface area contributed by atoms with E-state index in [1.807, 2.05) is 30.5 Å². The SMILES string of the molecule is O=C(NCC1CCCC1)c1ccc2cc[nH]c2c1. The van der Waals surface area contributed by atoms with Gasteiger partial charge in [-0.15, -0.1) is 0 Å². The molecule has 1 amide bonds. The van der Waals surface area contributed by atoms with Crippen molar-refractivity contribution in [1.82, 2.24) is 10.3 Å². The summed E-state index contributed by atoms with van der Waals surface area (Å²) in [6.45, 7) is 0.821. The molecule has 0 bridgehead atoms. The van der Waals surface area contributed by atoms with Gasteiger partial charge in [0.1, 0.15) is 0 Å². The van der Waals surface area contributed by atoms with Crippen LogP contribution in [0.15, 0.2) is 30.5 Å². The van der Waals surface area contributed by atoms with E-state index in [0.29, 0.717) is 5.92 Å². The van der Waals surface area contributed by atoms with Crippen molar-refractivity contribution >= 4 is 16.8 Å². The van der Waals surface area contributed by atoms with Gasteiger partial charge in [-0.1, -0.05) is 18.9 Å². The Kier molecular flexibility index (Phi) is 3.05. The van der Waals surface area contributed by atoms with Gasteiger partial charge in [0.15, 0.2) is 0 Å². The molecule has 0 saturated heterocycles. The number of carbonyl (C=O) groups excluding carboxylic acids is 1. The summed E-state index contributed by atoms with van der Waals surface area (Å²) < 4.78 is 0. The van der Waals surface area contributed by atoms with E-state index in [1.165, 1.54) is 25.7 Å². The fourth-order valence-electron chi connectivity index (χ4n) is 2.74. The van der Waals surface area contributed by atoms with Crippen molar-refractivity contribution in [2.45, 2.75) is 25.7 Å².